The van der Waals surface area contributed by atoms with Crippen LogP contribution in [0.2, 0.25) is 0 Å². The molecule has 4 aromatic rings. The van der Waals surface area contributed by atoms with Gasteiger partial charge in [0.05, 0.1) is 5.69 Å². The molecule has 0 saturated carbocycles. The number of nitrogens with zero attached hydrogens (tertiary/aromatic N) is 1. The molecule has 1 heterocycles. The minimum absolute atomic E-state index is 0.870. The Labute approximate surface area is 142 Å². The summed E-state index contributed by atoms with van der Waals surface area (Å²) in [7, 11) is 0. The van der Waals surface area contributed by atoms with Gasteiger partial charge < -0.3 is 0 Å². The maximum Gasteiger partial charge on any atom is 0.0788 e. The van der Waals surface area contributed by atoms with Crippen LogP contribution in [0.15, 0.2) is 97.2 Å². The SMILES string of the molecule is [c]1c(-c2ccccc2)ncc(-c2ccccc2)c1-c1ccccc1. The lowest BCUT2D eigenvalue weighted by Gasteiger charge is -2.11. The van der Waals surface area contributed by atoms with Crippen molar-refractivity contribution in [2.75, 3.05) is 0 Å². The van der Waals surface area contributed by atoms with E-state index in [0.717, 1.165) is 33.5 Å². The third kappa shape index (κ3) is 2.84. The lowest BCUT2D eigenvalue weighted by atomic mass is 9.95. The van der Waals surface area contributed by atoms with Crippen LogP contribution in [0.3, 0.4) is 0 Å². The lowest BCUT2D eigenvalue weighted by molar-refractivity contribution is 1.32. The zero-order valence-electron chi connectivity index (χ0n) is 13.2. The molecule has 0 unspecified atom stereocenters. The standard InChI is InChI=1S/C23H16N/c1-4-10-18(11-5-1)21-16-23(20-14-8-3-9-15-20)24-17-22(21)19-12-6-2-7-13-19/h1-15,17H. The van der Waals surface area contributed by atoms with Crippen LogP contribution in [0, 0.1) is 6.07 Å². The average molecular weight is 306 g/mol. The molecular weight excluding hydrogens is 290 g/mol. The monoisotopic (exact) mass is 306 g/mol. The maximum absolute atomic E-state index is 4.66. The molecule has 0 aliphatic heterocycles. The Balaban J connectivity index is 1.92. The second-order valence-corrected chi connectivity index (χ2v) is 5.62. The minimum Gasteiger partial charge on any atom is -0.255 e. The minimum atomic E-state index is 0.870. The van der Waals surface area contributed by atoms with Gasteiger partial charge in [-0.05, 0) is 11.1 Å². The molecule has 0 N–H and O–H groups in total. The molecule has 0 saturated heterocycles. The third-order valence-corrected chi connectivity index (χ3v) is 4.03. The Morgan fingerprint density at radius 2 is 1.04 bits per heavy atom. The van der Waals surface area contributed by atoms with E-state index in [9.17, 15) is 0 Å². The molecule has 0 spiro atoms. The first-order chi connectivity index (χ1) is 11.9. The highest BCUT2D eigenvalue weighted by atomic mass is 14.7. The van der Waals surface area contributed by atoms with Gasteiger partial charge in [-0.3, -0.25) is 4.98 Å². The van der Waals surface area contributed by atoms with Crippen LogP contribution in [0.5, 0.6) is 0 Å². The number of rotatable bonds is 3. The molecule has 3 aromatic carbocycles. The van der Waals surface area contributed by atoms with Crippen molar-refractivity contribution in [2.24, 2.45) is 0 Å². The number of hydrogen-bond donors (Lipinski definition) is 0. The van der Waals surface area contributed by atoms with Crippen LogP contribution < -0.4 is 0 Å². The fraction of sp³-hybridized carbons (Fsp3) is 0. The van der Waals surface area contributed by atoms with Crippen LogP contribution in [-0.2, 0) is 0 Å². The van der Waals surface area contributed by atoms with Gasteiger partial charge in [-0.2, -0.15) is 0 Å². The van der Waals surface area contributed by atoms with E-state index in [1.54, 1.807) is 0 Å². The van der Waals surface area contributed by atoms with Crippen molar-refractivity contribution in [3.05, 3.63) is 103 Å². The van der Waals surface area contributed by atoms with Crippen molar-refractivity contribution in [3.8, 4) is 33.5 Å². The molecule has 113 valence electrons. The van der Waals surface area contributed by atoms with E-state index in [2.05, 4.69) is 71.7 Å². The predicted octanol–water partition coefficient (Wildman–Crippen LogP) is 5.88. The average Bonchev–Trinajstić information content (AvgIpc) is 2.69. The van der Waals surface area contributed by atoms with E-state index in [1.165, 1.54) is 0 Å². The van der Waals surface area contributed by atoms with Gasteiger partial charge in [-0.15, -0.1) is 0 Å². The summed E-state index contributed by atoms with van der Waals surface area (Å²) in [5.41, 5.74) is 6.43. The van der Waals surface area contributed by atoms with E-state index in [-0.39, 0.29) is 0 Å². The number of pyridine rings is 1. The van der Waals surface area contributed by atoms with Gasteiger partial charge in [0.15, 0.2) is 0 Å². The quantitative estimate of drug-likeness (QED) is 0.460. The molecule has 4 rings (SSSR count). The molecule has 0 atom stereocenters. The molecule has 1 nitrogen and oxygen atoms in total. The van der Waals surface area contributed by atoms with Gasteiger partial charge in [0.1, 0.15) is 0 Å². The maximum atomic E-state index is 4.66. The smallest absolute Gasteiger partial charge is 0.0788 e. The van der Waals surface area contributed by atoms with E-state index < -0.39 is 0 Å². The van der Waals surface area contributed by atoms with Crippen LogP contribution in [0.4, 0.5) is 0 Å². The first kappa shape index (κ1) is 14.4. The molecule has 0 amide bonds. The van der Waals surface area contributed by atoms with Crippen molar-refractivity contribution in [3.63, 3.8) is 0 Å². The summed E-state index contributed by atoms with van der Waals surface area (Å²) in [5.74, 6) is 0. The Morgan fingerprint density at radius 3 is 1.62 bits per heavy atom. The summed E-state index contributed by atoms with van der Waals surface area (Å²) in [6.45, 7) is 0. The normalized spacial score (nSPS) is 10.5. The van der Waals surface area contributed by atoms with Crippen LogP contribution in [-0.4, -0.2) is 4.98 Å². The highest BCUT2D eigenvalue weighted by molar-refractivity contribution is 5.84. The van der Waals surface area contributed by atoms with Crippen LogP contribution >= 0.6 is 0 Å². The largest absolute Gasteiger partial charge is 0.255 e. The Hall–Kier alpha value is -3.19. The lowest BCUT2D eigenvalue weighted by Crippen LogP contribution is -1.91. The molecule has 0 aliphatic rings. The van der Waals surface area contributed by atoms with Crippen LogP contribution in [0.25, 0.3) is 33.5 Å². The van der Waals surface area contributed by atoms with E-state index >= 15 is 0 Å². The molecule has 0 aliphatic carbocycles. The van der Waals surface area contributed by atoms with Crippen molar-refractivity contribution < 1.29 is 0 Å². The van der Waals surface area contributed by atoms with Crippen molar-refractivity contribution in [2.45, 2.75) is 0 Å². The number of aromatic nitrogens is 1. The zero-order chi connectivity index (χ0) is 16.2. The van der Waals surface area contributed by atoms with E-state index in [0.29, 0.717) is 0 Å². The van der Waals surface area contributed by atoms with Crippen molar-refractivity contribution in [1.82, 2.24) is 4.98 Å². The van der Waals surface area contributed by atoms with Crippen molar-refractivity contribution >= 4 is 0 Å². The van der Waals surface area contributed by atoms with Gasteiger partial charge in [0, 0.05) is 29.0 Å². The topological polar surface area (TPSA) is 12.9 Å². The first-order valence-electron chi connectivity index (χ1n) is 8.00. The first-order valence-corrected chi connectivity index (χ1v) is 8.00. The van der Waals surface area contributed by atoms with Crippen LogP contribution in [0.1, 0.15) is 0 Å². The predicted molar refractivity (Wildman–Crippen MR) is 99.4 cm³/mol. The molecule has 0 bridgehead atoms. The van der Waals surface area contributed by atoms with Gasteiger partial charge in [0.25, 0.3) is 0 Å². The molecule has 1 aromatic heterocycles. The third-order valence-electron chi connectivity index (χ3n) is 4.03. The highest BCUT2D eigenvalue weighted by Gasteiger charge is 2.11. The molecular formula is C23H16N. The van der Waals surface area contributed by atoms with Crippen molar-refractivity contribution in [1.29, 1.82) is 0 Å². The molecule has 24 heavy (non-hydrogen) atoms. The number of benzene rings is 3. The summed E-state index contributed by atoms with van der Waals surface area (Å²) in [4.78, 5) is 4.66. The molecule has 1 heteroatoms. The second-order valence-electron chi connectivity index (χ2n) is 5.62. The summed E-state index contributed by atoms with van der Waals surface area (Å²) in [6, 6.07) is 34.5. The van der Waals surface area contributed by atoms with E-state index in [4.69, 9.17) is 0 Å². The second kappa shape index (κ2) is 6.51. The van der Waals surface area contributed by atoms with Gasteiger partial charge in [-0.1, -0.05) is 91.0 Å². The molecule has 1 radical (unpaired) electrons. The summed E-state index contributed by atoms with van der Waals surface area (Å²) in [5, 5.41) is 0. The Morgan fingerprint density at radius 1 is 0.542 bits per heavy atom. The number of hydrogen-bond acceptors (Lipinski definition) is 1. The summed E-state index contributed by atoms with van der Waals surface area (Å²) < 4.78 is 0. The molecule has 0 fully saturated rings. The zero-order valence-corrected chi connectivity index (χ0v) is 13.2. The Kier molecular flexibility index (Phi) is 3.91. The Bertz CT molecular complexity index is 929. The summed E-state index contributed by atoms with van der Waals surface area (Å²) >= 11 is 0. The highest BCUT2D eigenvalue weighted by Crippen LogP contribution is 2.33. The van der Waals surface area contributed by atoms with Gasteiger partial charge >= 0.3 is 0 Å². The fourth-order valence-electron chi connectivity index (χ4n) is 2.82. The van der Waals surface area contributed by atoms with E-state index in [1.807, 2.05) is 36.5 Å². The fourth-order valence-corrected chi connectivity index (χ4v) is 2.82. The summed E-state index contributed by atoms with van der Waals surface area (Å²) in [6.07, 6.45) is 1.95. The van der Waals surface area contributed by atoms with Gasteiger partial charge in [0.2, 0.25) is 0 Å². The van der Waals surface area contributed by atoms with Gasteiger partial charge in [-0.25, -0.2) is 0 Å².